The Kier molecular flexibility index (Phi) is 1.69. The molecule has 1 saturated carbocycles. The van der Waals surface area contributed by atoms with Crippen LogP contribution in [0.1, 0.15) is 12.8 Å². The molecule has 1 heterocycles. The zero-order valence-corrected chi connectivity index (χ0v) is 6.34. The van der Waals surface area contributed by atoms with Crippen molar-refractivity contribution >= 4 is 6.16 Å². The van der Waals surface area contributed by atoms with Gasteiger partial charge in [-0.05, 0) is 0 Å². The molecule has 68 valence electrons. The molecule has 0 aromatic heterocycles. The van der Waals surface area contributed by atoms with E-state index in [0.29, 0.717) is 0 Å². The fourth-order valence-electron chi connectivity index (χ4n) is 1.62. The van der Waals surface area contributed by atoms with Crippen molar-refractivity contribution in [3.63, 3.8) is 0 Å². The van der Waals surface area contributed by atoms with Crippen LogP contribution in [-0.2, 0) is 9.47 Å². The minimum Gasteiger partial charge on any atom is -0.427 e. The molecule has 0 bridgehead atoms. The molecule has 5 nitrogen and oxygen atoms in total. The van der Waals surface area contributed by atoms with E-state index in [-0.39, 0.29) is 25.0 Å². The smallest absolute Gasteiger partial charge is 0.427 e. The van der Waals surface area contributed by atoms with Gasteiger partial charge in [0.05, 0.1) is 12.2 Å². The summed E-state index contributed by atoms with van der Waals surface area (Å²) in [6.07, 6.45) is -2.55. The Labute approximate surface area is 68.9 Å². The van der Waals surface area contributed by atoms with Crippen LogP contribution in [0.2, 0.25) is 0 Å². The van der Waals surface area contributed by atoms with Gasteiger partial charge in [-0.3, -0.25) is 0 Å². The third-order valence-electron chi connectivity index (χ3n) is 2.30. The average Bonchev–Trinajstić information content (AvgIpc) is 2.30. The van der Waals surface area contributed by atoms with Crippen LogP contribution in [0.3, 0.4) is 0 Å². The summed E-state index contributed by atoms with van der Waals surface area (Å²) in [5, 5.41) is 18.4. The predicted molar refractivity (Wildman–Crippen MR) is 36.4 cm³/mol. The fraction of sp³-hybridized carbons (Fsp3) is 0.857. The molecule has 0 spiro atoms. The third kappa shape index (κ3) is 1.15. The molecule has 0 radical (unpaired) electrons. The lowest BCUT2D eigenvalue weighted by molar-refractivity contribution is -0.0643. The number of fused-ring (bicyclic) bond motifs is 1. The van der Waals surface area contributed by atoms with E-state index in [9.17, 15) is 15.0 Å². The molecule has 12 heavy (non-hydrogen) atoms. The van der Waals surface area contributed by atoms with Crippen LogP contribution in [-0.4, -0.2) is 40.8 Å². The van der Waals surface area contributed by atoms with Gasteiger partial charge < -0.3 is 19.7 Å². The molecule has 0 amide bonds. The highest BCUT2D eigenvalue weighted by atomic mass is 16.8. The lowest BCUT2D eigenvalue weighted by Crippen LogP contribution is -2.43. The van der Waals surface area contributed by atoms with Crippen molar-refractivity contribution in [1.82, 2.24) is 0 Å². The normalized spacial score (nSPS) is 46.3. The molecule has 1 aliphatic heterocycles. The largest absolute Gasteiger partial charge is 0.509 e. The molecular formula is C7H10O5. The zero-order valence-electron chi connectivity index (χ0n) is 6.34. The van der Waals surface area contributed by atoms with E-state index in [1.807, 2.05) is 0 Å². The SMILES string of the molecule is O=C1OC2CC(O)C(O)CC2O1. The van der Waals surface area contributed by atoms with Crippen LogP contribution >= 0.6 is 0 Å². The Morgan fingerprint density at radius 1 is 1.08 bits per heavy atom. The van der Waals surface area contributed by atoms with Gasteiger partial charge in [-0.1, -0.05) is 0 Å². The van der Waals surface area contributed by atoms with Crippen molar-refractivity contribution in [2.75, 3.05) is 0 Å². The Hall–Kier alpha value is -0.810. The summed E-state index contributed by atoms with van der Waals surface area (Å²) in [5.41, 5.74) is 0. The lowest BCUT2D eigenvalue weighted by atomic mass is 9.90. The highest BCUT2D eigenvalue weighted by Gasteiger charge is 2.44. The van der Waals surface area contributed by atoms with Gasteiger partial charge in [0.1, 0.15) is 12.2 Å². The monoisotopic (exact) mass is 174 g/mol. The number of aliphatic hydroxyl groups excluding tert-OH is 2. The molecule has 4 unspecified atom stereocenters. The second-order valence-corrected chi connectivity index (χ2v) is 3.17. The predicted octanol–water partition coefficient (Wildman–Crippen LogP) is -0.594. The highest BCUT2D eigenvalue weighted by Crippen LogP contribution is 2.29. The topological polar surface area (TPSA) is 76.0 Å². The Bertz CT molecular complexity index is 184. The van der Waals surface area contributed by atoms with Crippen LogP contribution in [0.25, 0.3) is 0 Å². The first-order valence-electron chi connectivity index (χ1n) is 3.90. The number of ether oxygens (including phenoxy) is 2. The van der Waals surface area contributed by atoms with Gasteiger partial charge in [0, 0.05) is 12.8 Å². The van der Waals surface area contributed by atoms with E-state index >= 15 is 0 Å². The molecule has 2 rings (SSSR count). The maximum absolute atomic E-state index is 10.6. The summed E-state index contributed by atoms with van der Waals surface area (Å²) in [6.45, 7) is 0. The van der Waals surface area contributed by atoms with Gasteiger partial charge in [-0.25, -0.2) is 4.79 Å². The molecular weight excluding hydrogens is 164 g/mol. The number of carbonyl (C=O) groups is 1. The van der Waals surface area contributed by atoms with Crippen molar-refractivity contribution in [3.05, 3.63) is 0 Å². The van der Waals surface area contributed by atoms with Gasteiger partial charge in [0.15, 0.2) is 0 Å². The number of carbonyl (C=O) groups excluding carboxylic acids is 1. The number of hydrogen-bond acceptors (Lipinski definition) is 5. The maximum atomic E-state index is 10.6. The van der Waals surface area contributed by atoms with E-state index in [1.165, 1.54) is 0 Å². The fourth-order valence-corrected chi connectivity index (χ4v) is 1.62. The van der Waals surface area contributed by atoms with Crippen molar-refractivity contribution < 1.29 is 24.5 Å². The van der Waals surface area contributed by atoms with Gasteiger partial charge in [0.2, 0.25) is 0 Å². The molecule has 0 aromatic carbocycles. The van der Waals surface area contributed by atoms with Crippen LogP contribution in [0.15, 0.2) is 0 Å². The van der Waals surface area contributed by atoms with E-state index in [2.05, 4.69) is 0 Å². The van der Waals surface area contributed by atoms with Crippen molar-refractivity contribution in [2.45, 2.75) is 37.3 Å². The molecule has 2 fully saturated rings. The van der Waals surface area contributed by atoms with Crippen LogP contribution < -0.4 is 0 Å². The average molecular weight is 174 g/mol. The van der Waals surface area contributed by atoms with Crippen molar-refractivity contribution in [3.8, 4) is 0 Å². The van der Waals surface area contributed by atoms with Crippen molar-refractivity contribution in [1.29, 1.82) is 0 Å². The summed E-state index contributed by atoms with van der Waals surface area (Å²) in [7, 11) is 0. The van der Waals surface area contributed by atoms with Crippen LogP contribution in [0, 0.1) is 0 Å². The molecule has 1 saturated heterocycles. The quantitative estimate of drug-likeness (QED) is 0.480. The van der Waals surface area contributed by atoms with E-state index in [4.69, 9.17) is 9.47 Å². The van der Waals surface area contributed by atoms with E-state index < -0.39 is 18.4 Å². The highest BCUT2D eigenvalue weighted by molar-refractivity contribution is 5.62. The molecule has 5 heteroatoms. The van der Waals surface area contributed by atoms with Gasteiger partial charge in [-0.2, -0.15) is 0 Å². The van der Waals surface area contributed by atoms with E-state index in [1.54, 1.807) is 0 Å². The Balaban J connectivity index is 2.05. The number of rotatable bonds is 0. The minimum absolute atomic E-state index is 0.261. The first kappa shape index (κ1) is 7.82. The van der Waals surface area contributed by atoms with E-state index in [0.717, 1.165) is 0 Å². The standard InChI is InChI=1S/C7H10O5/c8-3-1-5-6(2-4(3)9)12-7(10)11-5/h3-6,8-9H,1-2H2. The summed E-state index contributed by atoms with van der Waals surface area (Å²) in [5.74, 6) is 0. The second-order valence-electron chi connectivity index (χ2n) is 3.17. The first-order chi connectivity index (χ1) is 5.66. The second kappa shape index (κ2) is 2.60. The summed E-state index contributed by atoms with van der Waals surface area (Å²) < 4.78 is 9.50. The Morgan fingerprint density at radius 3 is 1.92 bits per heavy atom. The molecule has 2 N–H and O–H groups in total. The molecule has 4 atom stereocenters. The summed E-state index contributed by atoms with van der Waals surface area (Å²) >= 11 is 0. The van der Waals surface area contributed by atoms with Crippen molar-refractivity contribution in [2.24, 2.45) is 0 Å². The molecule has 2 aliphatic rings. The summed E-state index contributed by atoms with van der Waals surface area (Å²) in [4.78, 5) is 10.6. The third-order valence-corrected chi connectivity index (χ3v) is 2.30. The first-order valence-corrected chi connectivity index (χ1v) is 3.90. The zero-order chi connectivity index (χ0) is 8.72. The van der Waals surface area contributed by atoms with Gasteiger partial charge >= 0.3 is 6.16 Å². The van der Waals surface area contributed by atoms with Crippen LogP contribution in [0.4, 0.5) is 4.79 Å². The summed E-state index contributed by atoms with van der Waals surface area (Å²) in [6, 6.07) is 0. The minimum atomic E-state index is -0.805. The van der Waals surface area contributed by atoms with Gasteiger partial charge in [-0.15, -0.1) is 0 Å². The molecule has 0 aromatic rings. The van der Waals surface area contributed by atoms with Gasteiger partial charge in [0.25, 0.3) is 0 Å². The molecule has 1 aliphatic carbocycles. The Morgan fingerprint density at radius 2 is 1.50 bits per heavy atom. The maximum Gasteiger partial charge on any atom is 0.509 e. The number of aliphatic hydroxyl groups is 2. The van der Waals surface area contributed by atoms with Crippen LogP contribution in [0.5, 0.6) is 0 Å². The lowest BCUT2D eigenvalue weighted by Gasteiger charge is -2.29. The number of hydrogen-bond donors (Lipinski definition) is 2.